The highest BCUT2D eigenvalue weighted by Gasteiger charge is 2.07. The first-order chi connectivity index (χ1) is 6.59. The second kappa shape index (κ2) is 4.56. The maximum absolute atomic E-state index is 10.5. The number of carboxylic acids is 1. The highest BCUT2D eigenvalue weighted by molar-refractivity contribution is 7.17. The maximum atomic E-state index is 10.5. The lowest BCUT2D eigenvalue weighted by Crippen LogP contribution is -2.15. The zero-order chi connectivity index (χ0) is 10.6. The second-order valence-corrected chi connectivity index (χ2v) is 3.51. The molecule has 0 fully saturated rings. The van der Waals surface area contributed by atoms with Gasteiger partial charge in [0.2, 0.25) is 5.91 Å². The Balaban J connectivity index is 2.44. The predicted octanol–water partition coefficient (Wildman–Crippen LogP) is 0.129. The van der Waals surface area contributed by atoms with Crippen LogP contribution in [0.3, 0.4) is 0 Å². The lowest BCUT2D eigenvalue weighted by molar-refractivity contribution is -0.117. The molecular formula is C7H9N3O3S. The second-order valence-electron chi connectivity index (χ2n) is 2.48. The van der Waals surface area contributed by atoms with Gasteiger partial charge in [0.15, 0.2) is 5.13 Å². The van der Waals surface area contributed by atoms with E-state index in [9.17, 15) is 9.59 Å². The molecule has 0 saturated carbocycles. The zero-order valence-electron chi connectivity index (χ0n) is 7.19. The van der Waals surface area contributed by atoms with Crippen LogP contribution in [0, 0.1) is 0 Å². The Bertz CT molecular complexity index is 350. The van der Waals surface area contributed by atoms with Crippen molar-refractivity contribution in [3.8, 4) is 0 Å². The van der Waals surface area contributed by atoms with E-state index in [0.717, 1.165) is 11.3 Å². The van der Waals surface area contributed by atoms with Gasteiger partial charge in [0.1, 0.15) is 4.88 Å². The topological polar surface area (TPSA) is 105 Å². The molecule has 0 aliphatic heterocycles. The number of hydrogen-bond donors (Lipinski definition) is 3. The SMILES string of the molecule is NC(=O)CCNc1ncc(C(=O)O)s1. The Morgan fingerprint density at radius 3 is 2.86 bits per heavy atom. The molecule has 1 aromatic rings. The van der Waals surface area contributed by atoms with E-state index in [1.54, 1.807) is 0 Å². The molecule has 6 nitrogen and oxygen atoms in total. The number of rotatable bonds is 5. The van der Waals surface area contributed by atoms with Crippen LogP contribution in [0.15, 0.2) is 6.20 Å². The third-order valence-corrected chi connectivity index (χ3v) is 2.31. The highest BCUT2D eigenvalue weighted by atomic mass is 32.1. The minimum absolute atomic E-state index is 0.159. The number of aromatic carboxylic acids is 1. The molecule has 0 aliphatic carbocycles. The number of carbonyl (C=O) groups excluding carboxylic acids is 1. The molecule has 0 saturated heterocycles. The summed E-state index contributed by atoms with van der Waals surface area (Å²) >= 11 is 1.02. The van der Waals surface area contributed by atoms with Crippen molar-refractivity contribution in [2.45, 2.75) is 6.42 Å². The lowest BCUT2D eigenvalue weighted by Gasteiger charge is -1.97. The molecule has 1 aromatic heterocycles. The summed E-state index contributed by atoms with van der Waals surface area (Å²) in [6.45, 7) is 0.363. The van der Waals surface area contributed by atoms with Crippen molar-refractivity contribution in [3.63, 3.8) is 0 Å². The summed E-state index contributed by atoms with van der Waals surface area (Å²) in [6, 6.07) is 0. The molecule has 1 heterocycles. The van der Waals surface area contributed by atoms with Gasteiger partial charge in [0.25, 0.3) is 0 Å². The van der Waals surface area contributed by atoms with Gasteiger partial charge in [-0.1, -0.05) is 11.3 Å². The summed E-state index contributed by atoms with van der Waals surface area (Å²) in [6.07, 6.45) is 1.46. The van der Waals surface area contributed by atoms with Gasteiger partial charge in [-0.3, -0.25) is 4.79 Å². The Hall–Kier alpha value is -1.63. The van der Waals surface area contributed by atoms with E-state index in [-0.39, 0.29) is 11.3 Å². The standard InChI is InChI=1S/C7H9N3O3S/c8-5(11)1-2-9-7-10-3-4(14-7)6(12)13/h3H,1-2H2,(H2,8,11)(H,9,10)(H,12,13). The number of anilines is 1. The number of primary amides is 1. The number of nitrogens with one attached hydrogen (secondary N) is 1. The normalized spacial score (nSPS) is 9.71. The number of nitrogens with two attached hydrogens (primary N) is 1. The average molecular weight is 215 g/mol. The smallest absolute Gasteiger partial charge is 0.347 e. The van der Waals surface area contributed by atoms with E-state index < -0.39 is 11.9 Å². The summed E-state index contributed by atoms with van der Waals surface area (Å²) in [5, 5.41) is 11.9. The largest absolute Gasteiger partial charge is 0.477 e. The number of aromatic nitrogens is 1. The molecule has 0 unspecified atom stereocenters. The summed E-state index contributed by atoms with van der Waals surface area (Å²) < 4.78 is 0. The van der Waals surface area contributed by atoms with E-state index in [1.165, 1.54) is 6.20 Å². The van der Waals surface area contributed by atoms with Crippen molar-refractivity contribution in [2.24, 2.45) is 5.73 Å². The zero-order valence-corrected chi connectivity index (χ0v) is 8.00. The van der Waals surface area contributed by atoms with Gasteiger partial charge < -0.3 is 16.2 Å². The summed E-state index contributed by atoms with van der Waals surface area (Å²) in [5.74, 6) is -1.42. The van der Waals surface area contributed by atoms with Crippen molar-refractivity contribution in [2.75, 3.05) is 11.9 Å². The Morgan fingerprint density at radius 2 is 2.36 bits per heavy atom. The van der Waals surface area contributed by atoms with Crippen LogP contribution in [0.25, 0.3) is 0 Å². The number of carbonyl (C=O) groups is 2. The fourth-order valence-corrected chi connectivity index (χ4v) is 1.43. The molecule has 1 rings (SSSR count). The first-order valence-corrected chi connectivity index (χ1v) is 4.62. The number of nitrogens with zero attached hydrogens (tertiary/aromatic N) is 1. The molecule has 1 amide bonds. The molecule has 0 aliphatic rings. The van der Waals surface area contributed by atoms with Crippen molar-refractivity contribution in [3.05, 3.63) is 11.1 Å². The molecule has 76 valence electrons. The van der Waals surface area contributed by atoms with Crippen LogP contribution in [-0.4, -0.2) is 28.5 Å². The Labute approximate surface area is 83.8 Å². The molecule has 0 atom stereocenters. The molecule has 0 bridgehead atoms. The third kappa shape index (κ3) is 3.02. The van der Waals surface area contributed by atoms with E-state index in [2.05, 4.69) is 10.3 Å². The van der Waals surface area contributed by atoms with Crippen LogP contribution in [0.4, 0.5) is 5.13 Å². The molecular weight excluding hydrogens is 206 g/mol. The molecule has 0 aromatic carbocycles. The van der Waals surface area contributed by atoms with Gasteiger partial charge in [-0.25, -0.2) is 9.78 Å². The van der Waals surface area contributed by atoms with Gasteiger partial charge in [-0.2, -0.15) is 0 Å². The number of hydrogen-bond acceptors (Lipinski definition) is 5. The van der Waals surface area contributed by atoms with Gasteiger partial charge in [-0.15, -0.1) is 0 Å². The predicted molar refractivity (Wildman–Crippen MR) is 51.4 cm³/mol. The van der Waals surface area contributed by atoms with E-state index in [4.69, 9.17) is 10.8 Å². The quantitative estimate of drug-likeness (QED) is 0.647. The number of amides is 1. The lowest BCUT2D eigenvalue weighted by atomic mass is 10.4. The van der Waals surface area contributed by atoms with Crippen molar-refractivity contribution in [1.82, 2.24) is 4.98 Å². The molecule has 14 heavy (non-hydrogen) atoms. The van der Waals surface area contributed by atoms with Gasteiger partial charge in [0, 0.05) is 13.0 Å². The highest BCUT2D eigenvalue weighted by Crippen LogP contribution is 2.17. The fourth-order valence-electron chi connectivity index (χ4n) is 0.747. The number of thiazole rings is 1. The number of carboxylic acid groups (broad SMARTS) is 1. The Kier molecular flexibility index (Phi) is 3.41. The van der Waals surface area contributed by atoms with Crippen LogP contribution in [0.1, 0.15) is 16.1 Å². The fraction of sp³-hybridized carbons (Fsp3) is 0.286. The summed E-state index contributed by atoms with van der Waals surface area (Å²) in [5.41, 5.74) is 4.92. The van der Waals surface area contributed by atoms with Crippen LogP contribution in [-0.2, 0) is 4.79 Å². The van der Waals surface area contributed by atoms with E-state index in [0.29, 0.717) is 11.7 Å². The first-order valence-electron chi connectivity index (χ1n) is 3.81. The third-order valence-electron chi connectivity index (χ3n) is 1.36. The molecule has 0 radical (unpaired) electrons. The van der Waals surface area contributed by atoms with Crippen molar-refractivity contribution < 1.29 is 14.7 Å². The monoisotopic (exact) mass is 215 g/mol. The summed E-state index contributed by atoms with van der Waals surface area (Å²) in [4.78, 5) is 24.8. The Morgan fingerprint density at radius 1 is 1.64 bits per heavy atom. The van der Waals surface area contributed by atoms with E-state index >= 15 is 0 Å². The van der Waals surface area contributed by atoms with Gasteiger partial charge in [0.05, 0.1) is 6.20 Å². The summed E-state index contributed by atoms with van der Waals surface area (Å²) in [7, 11) is 0. The van der Waals surface area contributed by atoms with Crippen molar-refractivity contribution in [1.29, 1.82) is 0 Å². The molecule has 7 heteroatoms. The van der Waals surface area contributed by atoms with Crippen molar-refractivity contribution >= 4 is 28.3 Å². The maximum Gasteiger partial charge on any atom is 0.347 e. The average Bonchev–Trinajstić information content (AvgIpc) is 2.52. The van der Waals surface area contributed by atoms with Crippen LogP contribution >= 0.6 is 11.3 Å². The minimum atomic E-state index is -1.01. The van der Waals surface area contributed by atoms with Crippen LogP contribution < -0.4 is 11.1 Å². The molecule has 4 N–H and O–H groups in total. The van der Waals surface area contributed by atoms with Crippen LogP contribution in [0.2, 0.25) is 0 Å². The molecule has 0 spiro atoms. The van der Waals surface area contributed by atoms with Gasteiger partial charge >= 0.3 is 5.97 Å². The minimum Gasteiger partial charge on any atom is -0.477 e. The van der Waals surface area contributed by atoms with E-state index in [1.807, 2.05) is 0 Å². The van der Waals surface area contributed by atoms with Gasteiger partial charge in [-0.05, 0) is 0 Å². The first kappa shape index (κ1) is 10.5. The van der Waals surface area contributed by atoms with Crippen LogP contribution in [0.5, 0.6) is 0 Å².